The van der Waals surface area contributed by atoms with E-state index in [1.165, 1.54) is 17.5 Å². The highest BCUT2D eigenvalue weighted by molar-refractivity contribution is 5.50. The Morgan fingerprint density at radius 2 is 1.89 bits per heavy atom. The van der Waals surface area contributed by atoms with Gasteiger partial charge in [0.2, 0.25) is 0 Å². The molecule has 2 heterocycles. The summed E-state index contributed by atoms with van der Waals surface area (Å²) in [4.78, 5) is 0. The van der Waals surface area contributed by atoms with Crippen LogP contribution in [0.4, 0.5) is 0 Å². The van der Waals surface area contributed by atoms with E-state index >= 15 is 0 Å². The van der Waals surface area contributed by atoms with Gasteiger partial charge in [-0.05, 0) is 48.1 Å². The third-order valence-electron chi connectivity index (χ3n) is 3.87. The average molecular weight is 247 g/mol. The Balaban J connectivity index is 2.03. The molecule has 1 fully saturated rings. The fourth-order valence-electron chi connectivity index (χ4n) is 2.89. The van der Waals surface area contributed by atoms with E-state index in [1.54, 1.807) is 0 Å². The van der Waals surface area contributed by atoms with Crippen LogP contribution in [-0.2, 0) is 0 Å². The maximum Gasteiger partial charge on any atom is 0.161 e. The molecule has 1 atom stereocenters. The summed E-state index contributed by atoms with van der Waals surface area (Å²) in [5.41, 5.74) is 2.85. The number of benzene rings is 1. The molecular weight excluding hydrogens is 226 g/mol. The van der Waals surface area contributed by atoms with Crippen molar-refractivity contribution in [1.29, 1.82) is 0 Å². The molecule has 1 N–H and O–H groups in total. The summed E-state index contributed by atoms with van der Waals surface area (Å²) < 4.78 is 11.4. The quantitative estimate of drug-likeness (QED) is 0.871. The van der Waals surface area contributed by atoms with Gasteiger partial charge < -0.3 is 14.8 Å². The Kier molecular flexibility index (Phi) is 3.16. The van der Waals surface area contributed by atoms with Crippen molar-refractivity contribution in [2.75, 3.05) is 26.3 Å². The lowest BCUT2D eigenvalue weighted by atomic mass is 9.87. The van der Waals surface area contributed by atoms with Crippen LogP contribution in [-0.4, -0.2) is 26.3 Å². The first kappa shape index (κ1) is 11.8. The predicted molar refractivity (Wildman–Crippen MR) is 71.7 cm³/mol. The van der Waals surface area contributed by atoms with Crippen LogP contribution < -0.4 is 14.8 Å². The fraction of sp³-hybridized carbons (Fsp3) is 0.600. The van der Waals surface area contributed by atoms with E-state index in [-0.39, 0.29) is 0 Å². The molecule has 2 aliphatic heterocycles. The molecule has 0 radical (unpaired) electrons. The van der Waals surface area contributed by atoms with Crippen LogP contribution >= 0.6 is 0 Å². The molecule has 18 heavy (non-hydrogen) atoms. The Bertz CT molecular complexity index is 436. The molecule has 1 aromatic rings. The first-order valence-corrected chi connectivity index (χ1v) is 6.90. The second-order valence-corrected chi connectivity index (χ2v) is 5.47. The van der Waals surface area contributed by atoms with Crippen molar-refractivity contribution in [3.63, 3.8) is 0 Å². The van der Waals surface area contributed by atoms with Crippen LogP contribution in [0.25, 0.3) is 0 Å². The Hall–Kier alpha value is -1.22. The molecule has 2 aliphatic rings. The molecule has 0 saturated carbocycles. The van der Waals surface area contributed by atoms with Crippen LogP contribution in [0.5, 0.6) is 11.5 Å². The van der Waals surface area contributed by atoms with Crippen molar-refractivity contribution < 1.29 is 9.47 Å². The molecule has 0 aliphatic carbocycles. The molecule has 1 unspecified atom stereocenters. The Morgan fingerprint density at radius 3 is 2.50 bits per heavy atom. The fourth-order valence-corrected chi connectivity index (χ4v) is 2.89. The summed E-state index contributed by atoms with van der Waals surface area (Å²) in [6, 6.07) is 4.40. The van der Waals surface area contributed by atoms with E-state index in [0.717, 1.165) is 24.6 Å². The van der Waals surface area contributed by atoms with Gasteiger partial charge in [0.25, 0.3) is 0 Å². The van der Waals surface area contributed by atoms with Crippen molar-refractivity contribution in [2.24, 2.45) is 0 Å². The van der Waals surface area contributed by atoms with Crippen LogP contribution in [0, 0.1) is 0 Å². The number of hydrogen-bond donors (Lipinski definition) is 1. The van der Waals surface area contributed by atoms with Gasteiger partial charge >= 0.3 is 0 Å². The molecular formula is C15H21NO2. The number of nitrogens with one attached hydrogen (secondary N) is 1. The highest BCUT2D eigenvalue weighted by Crippen LogP contribution is 2.39. The van der Waals surface area contributed by atoms with Gasteiger partial charge in [-0.15, -0.1) is 0 Å². The zero-order chi connectivity index (χ0) is 12.5. The summed E-state index contributed by atoms with van der Waals surface area (Å²) in [7, 11) is 0. The van der Waals surface area contributed by atoms with Crippen molar-refractivity contribution in [2.45, 2.75) is 32.1 Å². The highest BCUT2D eigenvalue weighted by atomic mass is 16.6. The van der Waals surface area contributed by atoms with Crippen LogP contribution in [0.15, 0.2) is 12.1 Å². The smallest absolute Gasteiger partial charge is 0.161 e. The van der Waals surface area contributed by atoms with Crippen molar-refractivity contribution in [3.8, 4) is 11.5 Å². The molecule has 3 nitrogen and oxygen atoms in total. The van der Waals surface area contributed by atoms with E-state index in [0.29, 0.717) is 25.0 Å². The Morgan fingerprint density at radius 1 is 1.17 bits per heavy atom. The van der Waals surface area contributed by atoms with Crippen molar-refractivity contribution in [1.82, 2.24) is 5.32 Å². The molecule has 3 heteroatoms. The summed E-state index contributed by atoms with van der Waals surface area (Å²) in [5.74, 6) is 2.99. The van der Waals surface area contributed by atoms with E-state index in [9.17, 15) is 0 Å². The summed E-state index contributed by atoms with van der Waals surface area (Å²) in [6.45, 7) is 8.02. The first-order valence-electron chi connectivity index (χ1n) is 6.90. The maximum atomic E-state index is 5.71. The SMILES string of the molecule is CC(C)c1cc2c(cc1C1CCNC1)OCCO2. The van der Waals surface area contributed by atoms with Gasteiger partial charge in [0, 0.05) is 6.54 Å². The van der Waals surface area contributed by atoms with Gasteiger partial charge in [0.05, 0.1) is 0 Å². The average Bonchev–Trinajstić information content (AvgIpc) is 2.91. The second-order valence-electron chi connectivity index (χ2n) is 5.47. The van der Waals surface area contributed by atoms with Crippen LogP contribution in [0.1, 0.15) is 43.2 Å². The minimum atomic E-state index is 0.524. The minimum absolute atomic E-state index is 0.524. The van der Waals surface area contributed by atoms with Gasteiger partial charge in [-0.1, -0.05) is 13.8 Å². The van der Waals surface area contributed by atoms with Gasteiger partial charge in [-0.2, -0.15) is 0 Å². The number of ether oxygens (including phenoxy) is 2. The van der Waals surface area contributed by atoms with E-state index < -0.39 is 0 Å². The summed E-state index contributed by atoms with van der Waals surface area (Å²) in [6.07, 6.45) is 1.22. The monoisotopic (exact) mass is 247 g/mol. The third kappa shape index (κ3) is 2.07. The normalized spacial score (nSPS) is 22.5. The number of hydrogen-bond acceptors (Lipinski definition) is 3. The van der Waals surface area contributed by atoms with Gasteiger partial charge in [-0.3, -0.25) is 0 Å². The second kappa shape index (κ2) is 4.81. The van der Waals surface area contributed by atoms with Gasteiger partial charge in [-0.25, -0.2) is 0 Å². The van der Waals surface area contributed by atoms with Crippen molar-refractivity contribution in [3.05, 3.63) is 23.3 Å². The van der Waals surface area contributed by atoms with Gasteiger partial charge in [0.1, 0.15) is 13.2 Å². The van der Waals surface area contributed by atoms with Crippen molar-refractivity contribution >= 4 is 0 Å². The molecule has 0 spiro atoms. The molecule has 1 saturated heterocycles. The van der Waals surface area contributed by atoms with E-state index in [4.69, 9.17) is 9.47 Å². The van der Waals surface area contributed by atoms with Crippen LogP contribution in [0.2, 0.25) is 0 Å². The van der Waals surface area contributed by atoms with Crippen LogP contribution in [0.3, 0.4) is 0 Å². The molecule has 0 amide bonds. The molecule has 0 bridgehead atoms. The lowest BCUT2D eigenvalue weighted by molar-refractivity contribution is 0.171. The topological polar surface area (TPSA) is 30.5 Å². The van der Waals surface area contributed by atoms with E-state index in [2.05, 4.69) is 31.3 Å². The minimum Gasteiger partial charge on any atom is -0.486 e. The molecule has 1 aromatic carbocycles. The highest BCUT2D eigenvalue weighted by Gasteiger charge is 2.24. The lowest BCUT2D eigenvalue weighted by Gasteiger charge is -2.24. The molecule has 3 rings (SSSR count). The third-order valence-corrected chi connectivity index (χ3v) is 3.87. The lowest BCUT2D eigenvalue weighted by Crippen LogP contribution is -2.17. The standard InChI is InChI=1S/C15H21NO2/c1-10(2)12-7-14-15(18-6-5-17-14)8-13(12)11-3-4-16-9-11/h7-8,10-11,16H,3-6,9H2,1-2H3. The molecule has 0 aromatic heterocycles. The zero-order valence-electron chi connectivity index (χ0n) is 11.2. The van der Waals surface area contributed by atoms with E-state index in [1.807, 2.05) is 0 Å². The Labute approximate surface area is 108 Å². The zero-order valence-corrected chi connectivity index (χ0v) is 11.2. The summed E-state index contributed by atoms with van der Waals surface area (Å²) in [5, 5.41) is 3.44. The summed E-state index contributed by atoms with van der Waals surface area (Å²) >= 11 is 0. The first-order chi connectivity index (χ1) is 8.75. The molecule has 98 valence electrons. The number of fused-ring (bicyclic) bond motifs is 1. The number of rotatable bonds is 2. The van der Waals surface area contributed by atoms with Gasteiger partial charge in [0.15, 0.2) is 11.5 Å². The predicted octanol–water partition coefficient (Wildman–Crippen LogP) is 2.66. The maximum absolute atomic E-state index is 5.71. The largest absolute Gasteiger partial charge is 0.486 e.